The first-order valence-electron chi connectivity index (χ1n) is 6.44. The van der Waals surface area contributed by atoms with E-state index in [1.54, 1.807) is 4.90 Å². The summed E-state index contributed by atoms with van der Waals surface area (Å²) in [7, 11) is 0. The van der Waals surface area contributed by atoms with E-state index in [9.17, 15) is 4.79 Å². The zero-order valence-corrected chi connectivity index (χ0v) is 10.8. The molecular formula is C13H20N2O2. The van der Waals surface area contributed by atoms with Crippen molar-refractivity contribution in [1.29, 1.82) is 0 Å². The normalized spacial score (nSPS) is 18.9. The van der Waals surface area contributed by atoms with Gasteiger partial charge in [0.2, 0.25) is 0 Å². The van der Waals surface area contributed by atoms with Gasteiger partial charge in [0, 0.05) is 25.1 Å². The van der Waals surface area contributed by atoms with Gasteiger partial charge in [-0.3, -0.25) is 4.79 Å². The highest BCUT2D eigenvalue weighted by Crippen LogP contribution is 2.28. The lowest BCUT2D eigenvalue weighted by Gasteiger charge is -2.20. The van der Waals surface area contributed by atoms with Gasteiger partial charge in [0.15, 0.2) is 5.69 Å². The molecule has 0 radical (unpaired) electrons. The highest BCUT2D eigenvalue weighted by atomic mass is 16.5. The molecule has 1 amide bonds. The molecular weight excluding hydrogens is 216 g/mol. The fourth-order valence-corrected chi connectivity index (χ4v) is 2.41. The third kappa shape index (κ3) is 2.21. The SMILES string of the molecule is CCN(CC)C(=O)c1noc2c1CC(C)CC2. The summed E-state index contributed by atoms with van der Waals surface area (Å²) in [5.41, 5.74) is 1.58. The summed E-state index contributed by atoms with van der Waals surface area (Å²) in [5, 5.41) is 3.98. The average Bonchev–Trinajstić information content (AvgIpc) is 2.73. The maximum atomic E-state index is 12.3. The molecule has 0 bridgehead atoms. The number of carbonyl (C=O) groups excluding carboxylic acids is 1. The van der Waals surface area contributed by atoms with Gasteiger partial charge in [0.25, 0.3) is 5.91 Å². The zero-order valence-electron chi connectivity index (χ0n) is 10.8. The molecule has 1 unspecified atom stereocenters. The molecule has 0 spiro atoms. The van der Waals surface area contributed by atoms with Crippen LogP contribution in [0.15, 0.2) is 4.52 Å². The van der Waals surface area contributed by atoms with Crippen LogP contribution in [0.25, 0.3) is 0 Å². The predicted octanol–water partition coefficient (Wildman–Crippen LogP) is 2.28. The molecule has 1 aromatic rings. The molecule has 0 saturated heterocycles. The van der Waals surface area contributed by atoms with Crippen molar-refractivity contribution in [3.63, 3.8) is 0 Å². The van der Waals surface area contributed by atoms with E-state index in [-0.39, 0.29) is 5.91 Å². The fourth-order valence-electron chi connectivity index (χ4n) is 2.41. The molecule has 1 aliphatic carbocycles. The van der Waals surface area contributed by atoms with E-state index in [0.717, 1.165) is 30.6 Å². The van der Waals surface area contributed by atoms with Crippen molar-refractivity contribution >= 4 is 5.91 Å². The lowest BCUT2D eigenvalue weighted by Crippen LogP contribution is -2.31. The van der Waals surface area contributed by atoms with Crippen molar-refractivity contribution in [2.45, 2.75) is 40.0 Å². The minimum absolute atomic E-state index is 0.00843. The molecule has 4 nitrogen and oxygen atoms in total. The van der Waals surface area contributed by atoms with Crippen LogP contribution in [0, 0.1) is 5.92 Å². The van der Waals surface area contributed by atoms with Gasteiger partial charge in [0.05, 0.1) is 0 Å². The summed E-state index contributed by atoms with van der Waals surface area (Å²) in [5.74, 6) is 1.54. The predicted molar refractivity (Wildman–Crippen MR) is 64.9 cm³/mol. The van der Waals surface area contributed by atoms with Gasteiger partial charge in [-0.2, -0.15) is 0 Å². The Hall–Kier alpha value is -1.32. The molecule has 0 N–H and O–H groups in total. The topological polar surface area (TPSA) is 46.3 Å². The highest BCUT2D eigenvalue weighted by Gasteiger charge is 2.28. The number of aryl methyl sites for hydroxylation is 1. The summed E-state index contributed by atoms with van der Waals surface area (Å²) >= 11 is 0. The number of hydrogen-bond acceptors (Lipinski definition) is 3. The molecule has 1 aromatic heterocycles. The molecule has 17 heavy (non-hydrogen) atoms. The second-order valence-corrected chi connectivity index (χ2v) is 4.76. The Morgan fingerprint density at radius 3 is 2.82 bits per heavy atom. The van der Waals surface area contributed by atoms with Gasteiger partial charge < -0.3 is 9.42 Å². The molecule has 1 aliphatic rings. The fraction of sp³-hybridized carbons (Fsp3) is 0.692. The van der Waals surface area contributed by atoms with Crippen molar-refractivity contribution in [1.82, 2.24) is 10.1 Å². The first kappa shape index (κ1) is 12.1. The Balaban J connectivity index is 2.28. The number of aromatic nitrogens is 1. The zero-order chi connectivity index (χ0) is 12.4. The molecule has 2 rings (SSSR count). The minimum atomic E-state index is 0.00843. The van der Waals surface area contributed by atoms with E-state index < -0.39 is 0 Å². The first-order chi connectivity index (χ1) is 8.17. The molecule has 4 heteroatoms. The van der Waals surface area contributed by atoms with Crippen LogP contribution in [0.5, 0.6) is 0 Å². The Morgan fingerprint density at radius 2 is 2.18 bits per heavy atom. The Kier molecular flexibility index (Phi) is 3.50. The second kappa shape index (κ2) is 4.90. The summed E-state index contributed by atoms with van der Waals surface area (Å²) in [6.45, 7) is 7.60. The molecule has 0 aliphatic heterocycles. The van der Waals surface area contributed by atoms with Crippen LogP contribution in [0.1, 0.15) is 49.0 Å². The Morgan fingerprint density at radius 1 is 1.47 bits per heavy atom. The molecule has 1 heterocycles. The smallest absolute Gasteiger partial charge is 0.276 e. The van der Waals surface area contributed by atoms with Gasteiger partial charge in [-0.1, -0.05) is 12.1 Å². The number of hydrogen-bond donors (Lipinski definition) is 0. The lowest BCUT2D eigenvalue weighted by molar-refractivity contribution is 0.0761. The minimum Gasteiger partial charge on any atom is -0.360 e. The third-order valence-corrected chi connectivity index (χ3v) is 3.54. The molecule has 94 valence electrons. The highest BCUT2D eigenvalue weighted by molar-refractivity contribution is 5.93. The van der Waals surface area contributed by atoms with Crippen LogP contribution in [0.3, 0.4) is 0 Å². The molecule has 0 fully saturated rings. The molecule has 0 saturated carbocycles. The van der Waals surface area contributed by atoms with E-state index in [0.29, 0.717) is 24.7 Å². The van der Waals surface area contributed by atoms with Crippen molar-refractivity contribution in [2.24, 2.45) is 5.92 Å². The number of amides is 1. The van der Waals surface area contributed by atoms with E-state index >= 15 is 0 Å². The molecule has 1 atom stereocenters. The van der Waals surface area contributed by atoms with E-state index in [1.165, 1.54) is 0 Å². The van der Waals surface area contributed by atoms with Gasteiger partial charge in [0.1, 0.15) is 5.76 Å². The summed E-state index contributed by atoms with van der Waals surface area (Å²) in [6.07, 6.45) is 2.96. The number of nitrogens with zero attached hydrogens (tertiary/aromatic N) is 2. The van der Waals surface area contributed by atoms with Crippen molar-refractivity contribution in [2.75, 3.05) is 13.1 Å². The van der Waals surface area contributed by atoms with Gasteiger partial charge in [-0.15, -0.1) is 0 Å². The van der Waals surface area contributed by atoms with Gasteiger partial charge in [-0.05, 0) is 32.6 Å². The second-order valence-electron chi connectivity index (χ2n) is 4.76. The van der Waals surface area contributed by atoms with Crippen LogP contribution < -0.4 is 0 Å². The van der Waals surface area contributed by atoms with E-state index in [4.69, 9.17) is 4.52 Å². The van der Waals surface area contributed by atoms with Crippen molar-refractivity contribution in [3.05, 3.63) is 17.0 Å². The summed E-state index contributed by atoms with van der Waals surface area (Å²) in [4.78, 5) is 14.0. The van der Waals surface area contributed by atoms with Gasteiger partial charge in [-0.25, -0.2) is 0 Å². The maximum Gasteiger partial charge on any atom is 0.276 e. The standard InChI is InChI=1S/C13H20N2O2/c1-4-15(5-2)13(16)12-10-8-9(3)6-7-11(10)17-14-12/h9H,4-8H2,1-3H3. The monoisotopic (exact) mass is 236 g/mol. The van der Waals surface area contributed by atoms with Crippen molar-refractivity contribution in [3.8, 4) is 0 Å². The first-order valence-corrected chi connectivity index (χ1v) is 6.44. The Labute approximate surface area is 102 Å². The summed E-state index contributed by atoms with van der Waals surface area (Å²) in [6, 6.07) is 0. The Bertz CT molecular complexity index is 408. The molecule has 0 aromatic carbocycles. The quantitative estimate of drug-likeness (QED) is 0.808. The van der Waals surface area contributed by atoms with Crippen molar-refractivity contribution < 1.29 is 9.32 Å². The number of carbonyl (C=O) groups is 1. The lowest BCUT2D eigenvalue weighted by atomic mass is 9.88. The number of fused-ring (bicyclic) bond motifs is 1. The van der Waals surface area contributed by atoms with Crippen LogP contribution in [0.4, 0.5) is 0 Å². The van der Waals surface area contributed by atoms with Gasteiger partial charge >= 0.3 is 0 Å². The number of rotatable bonds is 3. The van der Waals surface area contributed by atoms with Crippen LogP contribution in [0.2, 0.25) is 0 Å². The van der Waals surface area contributed by atoms with E-state index in [2.05, 4.69) is 12.1 Å². The van der Waals surface area contributed by atoms with Crippen LogP contribution in [-0.2, 0) is 12.8 Å². The third-order valence-electron chi connectivity index (χ3n) is 3.54. The maximum absolute atomic E-state index is 12.3. The summed E-state index contributed by atoms with van der Waals surface area (Å²) < 4.78 is 5.30. The average molecular weight is 236 g/mol. The van der Waals surface area contributed by atoms with Crippen LogP contribution in [-0.4, -0.2) is 29.1 Å². The largest absolute Gasteiger partial charge is 0.360 e. The van der Waals surface area contributed by atoms with E-state index in [1.807, 2.05) is 13.8 Å². The van der Waals surface area contributed by atoms with Crippen LogP contribution >= 0.6 is 0 Å².